The van der Waals surface area contributed by atoms with Crippen LogP contribution in [-0.4, -0.2) is 31.4 Å². The van der Waals surface area contributed by atoms with E-state index in [0.29, 0.717) is 5.56 Å². The van der Waals surface area contributed by atoms with Crippen molar-refractivity contribution in [1.29, 1.82) is 0 Å². The van der Waals surface area contributed by atoms with Crippen molar-refractivity contribution in [2.24, 2.45) is 0 Å². The van der Waals surface area contributed by atoms with Gasteiger partial charge in [0, 0.05) is 6.04 Å². The van der Waals surface area contributed by atoms with Gasteiger partial charge in [-0.2, -0.15) is 0 Å². The molecule has 0 aliphatic carbocycles. The summed E-state index contributed by atoms with van der Waals surface area (Å²) in [6.07, 6.45) is -2.77. The molecule has 0 atom stereocenters. The molecule has 1 aliphatic rings. The summed E-state index contributed by atoms with van der Waals surface area (Å²) in [7, 11) is 0. The molecule has 22 heavy (non-hydrogen) atoms. The lowest BCUT2D eigenvalue weighted by Gasteiger charge is -2.23. The van der Waals surface area contributed by atoms with Gasteiger partial charge in [-0.25, -0.2) is 0 Å². The number of halogens is 4. The zero-order valence-electron chi connectivity index (χ0n) is 11.8. The van der Waals surface area contributed by atoms with E-state index in [9.17, 15) is 18.0 Å². The Morgan fingerprint density at radius 1 is 1.23 bits per heavy atom. The molecular weight excluding hydrogens is 321 g/mol. The van der Waals surface area contributed by atoms with Crippen LogP contribution in [0.2, 0.25) is 0 Å². The summed E-state index contributed by atoms with van der Waals surface area (Å²) >= 11 is 0. The van der Waals surface area contributed by atoms with E-state index in [2.05, 4.69) is 15.4 Å². The Morgan fingerprint density at radius 3 is 2.36 bits per heavy atom. The molecule has 124 valence electrons. The van der Waals surface area contributed by atoms with Crippen LogP contribution in [0.5, 0.6) is 5.75 Å². The summed E-state index contributed by atoms with van der Waals surface area (Å²) in [5.74, 6) is -0.406. The van der Waals surface area contributed by atoms with E-state index < -0.39 is 6.36 Å². The Hall–Kier alpha value is -1.47. The molecule has 1 aromatic rings. The van der Waals surface area contributed by atoms with Crippen LogP contribution < -0.4 is 15.4 Å². The monoisotopic (exact) mass is 338 g/mol. The second-order valence-corrected chi connectivity index (χ2v) is 4.96. The van der Waals surface area contributed by atoms with Gasteiger partial charge in [0.05, 0.1) is 6.42 Å². The maximum Gasteiger partial charge on any atom is 0.573 e. The summed E-state index contributed by atoms with van der Waals surface area (Å²) in [5, 5.41) is 6.14. The number of alkyl halides is 3. The predicted molar refractivity (Wildman–Crippen MR) is 78.1 cm³/mol. The summed E-state index contributed by atoms with van der Waals surface area (Å²) in [5.41, 5.74) is 0.649. The summed E-state index contributed by atoms with van der Waals surface area (Å²) in [6.45, 7) is 1.77. The first kappa shape index (κ1) is 18.6. The molecule has 1 aliphatic heterocycles. The lowest BCUT2D eigenvalue weighted by Crippen LogP contribution is -2.43. The van der Waals surface area contributed by atoms with E-state index in [1.54, 1.807) is 0 Å². The van der Waals surface area contributed by atoms with E-state index in [-0.39, 0.29) is 36.5 Å². The Labute approximate surface area is 132 Å². The Bertz CT molecular complexity index is 474. The highest BCUT2D eigenvalue weighted by Gasteiger charge is 2.30. The van der Waals surface area contributed by atoms with Crippen molar-refractivity contribution < 1.29 is 22.7 Å². The smallest absolute Gasteiger partial charge is 0.406 e. The Morgan fingerprint density at radius 2 is 1.82 bits per heavy atom. The molecule has 1 fully saturated rings. The van der Waals surface area contributed by atoms with Gasteiger partial charge in [0.2, 0.25) is 5.91 Å². The van der Waals surface area contributed by atoms with Crippen molar-refractivity contribution >= 4 is 18.3 Å². The highest BCUT2D eigenvalue weighted by atomic mass is 35.5. The molecule has 0 aromatic heterocycles. The lowest BCUT2D eigenvalue weighted by molar-refractivity contribution is -0.274. The van der Waals surface area contributed by atoms with Gasteiger partial charge in [0.15, 0.2) is 0 Å². The maximum absolute atomic E-state index is 12.0. The number of carbonyl (C=O) groups excluding carboxylic acids is 1. The third-order valence-corrected chi connectivity index (χ3v) is 3.23. The lowest BCUT2D eigenvalue weighted by atomic mass is 10.1. The molecule has 8 heteroatoms. The molecule has 4 nitrogen and oxygen atoms in total. The number of hydrogen-bond acceptors (Lipinski definition) is 3. The normalized spacial score (nSPS) is 15.8. The van der Waals surface area contributed by atoms with Crippen LogP contribution in [0.4, 0.5) is 13.2 Å². The average molecular weight is 339 g/mol. The van der Waals surface area contributed by atoms with Gasteiger partial charge in [-0.05, 0) is 43.6 Å². The number of amides is 1. The predicted octanol–water partition coefficient (Wildman–Crippen LogP) is 2.42. The quantitative estimate of drug-likeness (QED) is 0.886. The standard InChI is InChI=1S/C14H17F3N2O2.ClH/c15-14(16,17)21-12-3-1-10(2-4-12)9-13(20)19-11-5-7-18-8-6-11;/h1-4,11,18H,5-9H2,(H,19,20);1H. The van der Waals surface area contributed by atoms with Crippen LogP contribution in [0.25, 0.3) is 0 Å². The Kier molecular flexibility index (Phi) is 6.96. The molecule has 1 aromatic carbocycles. The number of piperidine rings is 1. The molecule has 0 saturated carbocycles. The second kappa shape index (κ2) is 8.24. The van der Waals surface area contributed by atoms with Crippen LogP contribution in [0.15, 0.2) is 24.3 Å². The summed E-state index contributed by atoms with van der Waals surface area (Å²) in [6, 6.07) is 5.51. The number of ether oxygens (including phenoxy) is 1. The number of carbonyl (C=O) groups is 1. The Balaban J connectivity index is 0.00000242. The van der Waals surface area contributed by atoms with Gasteiger partial charge in [-0.15, -0.1) is 25.6 Å². The van der Waals surface area contributed by atoms with E-state index in [1.165, 1.54) is 24.3 Å². The minimum Gasteiger partial charge on any atom is -0.406 e. The third kappa shape index (κ3) is 6.53. The summed E-state index contributed by atoms with van der Waals surface area (Å²) < 4.78 is 39.8. The van der Waals surface area contributed by atoms with Crippen LogP contribution in [0.1, 0.15) is 18.4 Å². The van der Waals surface area contributed by atoms with Crippen LogP contribution in [0, 0.1) is 0 Å². The van der Waals surface area contributed by atoms with Gasteiger partial charge in [-0.3, -0.25) is 4.79 Å². The van der Waals surface area contributed by atoms with Crippen LogP contribution in [-0.2, 0) is 11.2 Å². The van der Waals surface area contributed by atoms with Gasteiger partial charge < -0.3 is 15.4 Å². The fourth-order valence-corrected chi connectivity index (χ4v) is 2.24. The van der Waals surface area contributed by atoms with Gasteiger partial charge >= 0.3 is 6.36 Å². The molecule has 1 saturated heterocycles. The van der Waals surface area contributed by atoms with Crippen molar-refractivity contribution in [1.82, 2.24) is 10.6 Å². The fourth-order valence-electron chi connectivity index (χ4n) is 2.24. The molecule has 1 amide bonds. The SMILES string of the molecule is Cl.O=C(Cc1ccc(OC(F)(F)F)cc1)NC1CCNCC1. The van der Waals surface area contributed by atoms with Crippen molar-refractivity contribution in [2.75, 3.05) is 13.1 Å². The van der Waals surface area contributed by atoms with E-state index in [0.717, 1.165) is 25.9 Å². The molecule has 0 bridgehead atoms. The van der Waals surface area contributed by atoms with E-state index >= 15 is 0 Å². The molecule has 2 N–H and O–H groups in total. The molecule has 2 rings (SSSR count). The number of rotatable bonds is 4. The molecular formula is C14H18ClF3N2O2. The molecule has 0 unspecified atom stereocenters. The van der Waals surface area contributed by atoms with Crippen molar-refractivity contribution in [3.8, 4) is 5.75 Å². The van der Waals surface area contributed by atoms with Crippen LogP contribution in [0.3, 0.4) is 0 Å². The third-order valence-electron chi connectivity index (χ3n) is 3.23. The first-order chi connectivity index (χ1) is 9.92. The minimum atomic E-state index is -4.70. The van der Waals surface area contributed by atoms with Crippen LogP contribution >= 0.6 is 12.4 Å². The second-order valence-electron chi connectivity index (χ2n) is 4.96. The molecule has 1 heterocycles. The average Bonchev–Trinajstić information content (AvgIpc) is 2.40. The largest absolute Gasteiger partial charge is 0.573 e. The number of benzene rings is 1. The first-order valence-electron chi connectivity index (χ1n) is 6.77. The maximum atomic E-state index is 12.0. The molecule has 0 radical (unpaired) electrons. The number of hydrogen-bond donors (Lipinski definition) is 2. The van der Waals surface area contributed by atoms with Crippen molar-refractivity contribution in [3.63, 3.8) is 0 Å². The van der Waals surface area contributed by atoms with Gasteiger partial charge in [0.1, 0.15) is 5.75 Å². The van der Waals surface area contributed by atoms with E-state index in [4.69, 9.17) is 0 Å². The van der Waals surface area contributed by atoms with Crippen molar-refractivity contribution in [3.05, 3.63) is 29.8 Å². The first-order valence-corrected chi connectivity index (χ1v) is 6.77. The highest BCUT2D eigenvalue weighted by molar-refractivity contribution is 5.85. The topological polar surface area (TPSA) is 50.4 Å². The molecule has 0 spiro atoms. The van der Waals surface area contributed by atoms with Gasteiger partial charge in [0.25, 0.3) is 0 Å². The summed E-state index contributed by atoms with van der Waals surface area (Å²) in [4.78, 5) is 11.9. The highest BCUT2D eigenvalue weighted by Crippen LogP contribution is 2.22. The van der Waals surface area contributed by atoms with Crippen molar-refractivity contribution in [2.45, 2.75) is 31.7 Å². The fraction of sp³-hybridized carbons (Fsp3) is 0.500. The van der Waals surface area contributed by atoms with Gasteiger partial charge in [-0.1, -0.05) is 12.1 Å². The number of nitrogens with one attached hydrogen (secondary N) is 2. The van der Waals surface area contributed by atoms with E-state index in [1.807, 2.05) is 0 Å². The zero-order chi connectivity index (χ0) is 15.3. The zero-order valence-corrected chi connectivity index (χ0v) is 12.6. The minimum absolute atomic E-state index is 0.